The molecule has 1 heterocycles. The summed E-state index contributed by atoms with van der Waals surface area (Å²) >= 11 is 7.92. The molecular weight excluding hydrogens is 276 g/mol. The molecule has 0 radical (unpaired) electrons. The average Bonchev–Trinajstić information content (AvgIpc) is 2.70. The van der Waals surface area contributed by atoms with Gasteiger partial charge in [0.15, 0.2) is 0 Å². The van der Waals surface area contributed by atoms with Gasteiger partial charge in [-0.15, -0.1) is 11.3 Å². The summed E-state index contributed by atoms with van der Waals surface area (Å²) in [5.41, 5.74) is 2.24. The number of benzene rings is 1. The Kier molecular flexibility index (Phi) is 3.92. The molecule has 3 rings (SSSR count). The Morgan fingerprint density at radius 3 is 2.74 bits per heavy atom. The summed E-state index contributed by atoms with van der Waals surface area (Å²) in [5.74, 6) is 0. The van der Waals surface area contributed by atoms with Crippen LogP contribution in [0, 0.1) is 0 Å². The van der Waals surface area contributed by atoms with Gasteiger partial charge in [0, 0.05) is 20.3 Å². The number of aliphatic hydroxyl groups excluding tert-OH is 1. The number of aryl methyl sites for hydroxylation is 2. The number of hydrogen-bond acceptors (Lipinski definition) is 2. The van der Waals surface area contributed by atoms with E-state index in [0.29, 0.717) is 5.02 Å². The molecule has 0 saturated heterocycles. The van der Waals surface area contributed by atoms with E-state index in [1.807, 2.05) is 24.3 Å². The molecule has 100 valence electrons. The first-order chi connectivity index (χ1) is 9.25. The fraction of sp³-hybridized carbons (Fsp3) is 0.375. The van der Waals surface area contributed by atoms with Crippen LogP contribution in [0.1, 0.15) is 46.2 Å². The normalized spacial score (nSPS) is 16.7. The lowest BCUT2D eigenvalue weighted by Gasteiger charge is -2.10. The first-order valence-electron chi connectivity index (χ1n) is 6.79. The predicted molar refractivity (Wildman–Crippen MR) is 81.1 cm³/mol. The van der Waals surface area contributed by atoms with Crippen LogP contribution in [-0.2, 0) is 12.8 Å². The highest BCUT2D eigenvalue weighted by Gasteiger charge is 2.19. The Morgan fingerprint density at radius 1 is 1.11 bits per heavy atom. The molecule has 2 aromatic rings. The van der Waals surface area contributed by atoms with Crippen LogP contribution in [0.25, 0.3) is 0 Å². The molecule has 0 aliphatic heterocycles. The van der Waals surface area contributed by atoms with Crippen LogP contribution in [0.5, 0.6) is 0 Å². The van der Waals surface area contributed by atoms with Crippen molar-refractivity contribution in [1.82, 2.24) is 0 Å². The van der Waals surface area contributed by atoms with Crippen LogP contribution in [-0.4, -0.2) is 5.11 Å². The molecule has 1 N–H and O–H groups in total. The lowest BCUT2D eigenvalue weighted by atomic mass is 10.1. The SMILES string of the molecule is OC(c1cc2c(s1)CCCCC2)c1ccccc1Cl. The zero-order chi connectivity index (χ0) is 13.2. The second kappa shape index (κ2) is 5.66. The Labute approximate surface area is 122 Å². The third-order valence-electron chi connectivity index (χ3n) is 3.73. The van der Waals surface area contributed by atoms with Gasteiger partial charge < -0.3 is 5.11 Å². The van der Waals surface area contributed by atoms with Gasteiger partial charge in [-0.3, -0.25) is 0 Å². The topological polar surface area (TPSA) is 20.2 Å². The van der Waals surface area contributed by atoms with Crippen molar-refractivity contribution in [3.05, 3.63) is 56.2 Å². The highest BCUT2D eigenvalue weighted by atomic mass is 35.5. The third-order valence-corrected chi connectivity index (χ3v) is 5.37. The van der Waals surface area contributed by atoms with Crippen molar-refractivity contribution in [2.75, 3.05) is 0 Å². The minimum atomic E-state index is -0.592. The summed E-state index contributed by atoms with van der Waals surface area (Å²) in [6.45, 7) is 0. The average molecular weight is 293 g/mol. The van der Waals surface area contributed by atoms with E-state index in [0.717, 1.165) is 23.3 Å². The number of halogens is 1. The molecule has 1 atom stereocenters. The maximum absolute atomic E-state index is 10.5. The summed E-state index contributed by atoms with van der Waals surface area (Å²) in [6.07, 6.45) is 5.59. The van der Waals surface area contributed by atoms with Crippen molar-refractivity contribution in [1.29, 1.82) is 0 Å². The smallest absolute Gasteiger partial charge is 0.115 e. The summed E-state index contributed by atoms with van der Waals surface area (Å²) in [5, 5.41) is 11.2. The summed E-state index contributed by atoms with van der Waals surface area (Å²) in [7, 11) is 0. The number of fused-ring (bicyclic) bond motifs is 1. The zero-order valence-corrected chi connectivity index (χ0v) is 12.3. The number of hydrogen-bond donors (Lipinski definition) is 1. The number of thiophene rings is 1. The maximum atomic E-state index is 10.5. The predicted octanol–water partition coefficient (Wildman–Crippen LogP) is 4.75. The molecule has 3 heteroatoms. The standard InChI is InChI=1S/C16H17ClOS/c17-13-8-5-4-7-12(13)16(18)15-10-11-6-2-1-3-9-14(11)19-15/h4-5,7-8,10,16,18H,1-3,6,9H2. The quantitative estimate of drug-likeness (QED) is 0.792. The minimum Gasteiger partial charge on any atom is -0.383 e. The van der Waals surface area contributed by atoms with Gasteiger partial charge in [0.2, 0.25) is 0 Å². The lowest BCUT2D eigenvalue weighted by Crippen LogP contribution is -1.97. The first-order valence-corrected chi connectivity index (χ1v) is 7.99. The largest absolute Gasteiger partial charge is 0.383 e. The van der Waals surface area contributed by atoms with E-state index in [4.69, 9.17) is 11.6 Å². The molecule has 19 heavy (non-hydrogen) atoms. The second-order valence-corrected chi connectivity index (χ2v) is 6.66. The van der Waals surface area contributed by atoms with Crippen LogP contribution in [0.15, 0.2) is 30.3 Å². The van der Waals surface area contributed by atoms with Crippen LogP contribution in [0.3, 0.4) is 0 Å². The van der Waals surface area contributed by atoms with Gasteiger partial charge >= 0.3 is 0 Å². The van der Waals surface area contributed by atoms with Crippen LogP contribution in [0.2, 0.25) is 5.02 Å². The van der Waals surface area contributed by atoms with Crippen LogP contribution in [0.4, 0.5) is 0 Å². The minimum absolute atomic E-state index is 0.592. The molecule has 0 fully saturated rings. The van der Waals surface area contributed by atoms with Crippen molar-refractivity contribution < 1.29 is 5.11 Å². The molecule has 1 aliphatic carbocycles. The number of aliphatic hydroxyl groups is 1. The highest BCUT2D eigenvalue weighted by Crippen LogP contribution is 2.36. The van der Waals surface area contributed by atoms with Crippen molar-refractivity contribution in [2.24, 2.45) is 0 Å². The lowest BCUT2D eigenvalue weighted by molar-refractivity contribution is 0.224. The molecule has 0 spiro atoms. The number of rotatable bonds is 2. The molecule has 1 aromatic heterocycles. The third kappa shape index (κ3) is 2.71. The van der Waals surface area contributed by atoms with Crippen molar-refractivity contribution in [3.8, 4) is 0 Å². The molecule has 0 saturated carbocycles. The Morgan fingerprint density at radius 2 is 1.89 bits per heavy atom. The van der Waals surface area contributed by atoms with E-state index in [9.17, 15) is 5.11 Å². The highest BCUT2D eigenvalue weighted by molar-refractivity contribution is 7.12. The summed E-state index contributed by atoms with van der Waals surface area (Å²) in [6, 6.07) is 9.72. The van der Waals surface area contributed by atoms with Crippen molar-refractivity contribution in [3.63, 3.8) is 0 Å². The van der Waals surface area contributed by atoms with Gasteiger partial charge in [-0.05, 0) is 43.4 Å². The van der Waals surface area contributed by atoms with E-state index in [2.05, 4.69) is 6.07 Å². The van der Waals surface area contributed by atoms with Crippen LogP contribution < -0.4 is 0 Å². The Hall–Kier alpha value is -0.830. The van der Waals surface area contributed by atoms with Crippen molar-refractivity contribution >= 4 is 22.9 Å². The fourth-order valence-electron chi connectivity index (χ4n) is 2.68. The van der Waals surface area contributed by atoms with Gasteiger partial charge in [-0.1, -0.05) is 36.2 Å². The molecular formula is C16H17ClOS. The molecule has 1 nitrogen and oxygen atoms in total. The summed E-state index contributed by atoms with van der Waals surface area (Å²) < 4.78 is 0. The monoisotopic (exact) mass is 292 g/mol. The van der Waals surface area contributed by atoms with E-state index >= 15 is 0 Å². The molecule has 1 aliphatic rings. The summed E-state index contributed by atoms with van der Waals surface area (Å²) in [4.78, 5) is 2.48. The Balaban J connectivity index is 1.92. The second-order valence-electron chi connectivity index (χ2n) is 5.08. The van der Waals surface area contributed by atoms with Crippen LogP contribution >= 0.6 is 22.9 Å². The van der Waals surface area contributed by atoms with E-state index in [1.54, 1.807) is 11.3 Å². The van der Waals surface area contributed by atoms with E-state index in [-0.39, 0.29) is 0 Å². The van der Waals surface area contributed by atoms with Crippen molar-refractivity contribution in [2.45, 2.75) is 38.2 Å². The fourth-order valence-corrected chi connectivity index (χ4v) is 4.18. The van der Waals surface area contributed by atoms with Gasteiger partial charge in [-0.2, -0.15) is 0 Å². The zero-order valence-electron chi connectivity index (χ0n) is 10.7. The van der Waals surface area contributed by atoms with E-state index in [1.165, 1.54) is 29.7 Å². The maximum Gasteiger partial charge on any atom is 0.115 e. The van der Waals surface area contributed by atoms with Gasteiger partial charge in [0.05, 0.1) is 0 Å². The first kappa shape index (κ1) is 13.2. The molecule has 0 amide bonds. The van der Waals surface area contributed by atoms with Gasteiger partial charge in [0.1, 0.15) is 6.10 Å². The Bertz CT molecular complexity index is 552. The molecule has 0 bridgehead atoms. The molecule has 1 unspecified atom stereocenters. The van der Waals surface area contributed by atoms with Gasteiger partial charge in [-0.25, -0.2) is 0 Å². The van der Waals surface area contributed by atoms with Gasteiger partial charge in [0.25, 0.3) is 0 Å². The van der Waals surface area contributed by atoms with E-state index < -0.39 is 6.10 Å². The molecule has 1 aromatic carbocycles.